The van der Waals surface area contributed by atoms with Crippen LogP contribution in [0.1, 0.15) is 82.7 Å². The smallest absolute Gasteiger partial charge is 0.407 e. The molecular formula is C42H48N8O7. The molecule has 5 aromatic rings. The number of hydrogen-bond acceptors (Lipinski definition) is 8. The molecule has 3 aliphatic heterocycles. The maximum atomic E-state index is 13.7. The molecule has 15 nitrogen and oxygen atoms in total. The van der Waals surface area contributed by atoms with Gasteiger partial charge in [0, 0.05) is 29.4 Å². The second-order valence-electron chi connectivity index (χ2n) is 15.9. The van der Waals surface area contributed by atoms with Gasteiger partial charge in [-0.05, 0) is 78.5 Å². The molecule has 0 spiro atoms. The lowest BCUT2D eigenvalue weighted by atomic mass is 9.92. The molecule has 4 amide bonds. The number of likely N-dealkylation sites (tertiary alicyclic amines) is 2. The van der Waals surface area contributed by atoms with Gasteiger partial charge in [0.15, 0.2) is 0 Å². The van der Waals surface area contributed by atoms with Crippen molar-refractivity contribution in [3.63, 3.8) is 0 Å². The number of fused-ring (bicyclic) bond motifs is 7. The molecule has 3 aromatic carbocycles. The van der Waals surface area contributed by atoms with Crippen LogP contribution in [-0.4, -0.2) is 91.1 Å². The van der Waals surface area contributed by atoms with Gasteiger partial charge >= 0.3 is 12.2 Å². The number of amides is 4. The van der Waals surface area contributed by atoms with Crippen molar-refractivity contribution in [2.24, 2.45) is 11.8 Å². The third kappa shape index (κ3) is 6.88. The fourth-order valence-corrected chi connectivity index (χ4v) is 8.67. The van der Waals surface area contributed by atoms with Crippen molar-refractivity contribution >= 4 is 45.8 Å². The highest BCUT2D eigenvalue weighted by Crippen LogP contribution is 2.45. The zero-order chi connectivity index (χ0) is 40.1. The van der Waals surface area contributed by atoms with Crippen LogP contribution in [0.3, 0.4) is 0 Å². The van der Waals surface area contributed by atoms with Crippen LogP contribution in [0.15, 0.2) is 48.7 Å². The first-order chi connectivity index (χ1) is 27.4. The van der Waals surface area contributed by atoms with Crippen LogP contribution >= 0.6 is 0 Å². The molecular weight excluding hydrogens is 729 g/mol. The first-order valence-corrected chi connectivity index (χ1v) is 19.6. The number of rotatable bonds is 9. The quantitative estimate of drug-likeness (QED) is 0.109. The van der Waals surface area contributed by atoms with E-state index < -0.39 is 24.3 Å². The molecule has 5 heterocycles. The van der Waals surface area contributed by atoms with E-state index in [0.29, 0.717) is 31.3 Å². The van der Waals surface area contributed by atoms with Crippen LogP contribution in [0.5, 0.6) is 5.75 Å². The summed E-state index contributed by atoms with van der Waals surface area (Å²) in [7, 11) is 1.29. The lowest BCUT2D eigenvalue weighted by Gasteiger charge is -2.29. The highest BCUT2D eigenvalue weighted by Gasteiger charge is 2.39. The van der Waals surface area contributed by atoms with Crippen molar-refractivity contribution in [1.82, 2.24) is 40.4 Å². The van der Waals surface area contributed by atoms with Crippen LogP contribution in [0.2, 0.25) is 0 Å². The van der Waals surface area contributed by atoms with Crippen molar-refractivity contribution in [3.8, 4) is 28.1 Å². The predicted octanol–water partition coefficient (Wildman–Crippen LogP) is 6.67. The highest BCUT2D eigenvalue weighted by molar-refractivity contribution is 6.09. The number of benzene rings is 3. The molecule has 3 aliphatic rings. The van der Waals surface area contributed by atoms with E-state index in [-0.39, 0.29) is 35.7 Å². The molecule has 8 rings (SSSR count). The Bertz CT molecular complexity index is 2380. The van der Waals surface area contributed by atoms with Gasteiger partial charge in [-0.1, -0.05) is 45.9 Å². The summed E-state index contributed by atoms with van der Waals surface area (Å²) in [6.07, 6.45) is 3.05. The van der Waals surface area contributed by atoms with E-state index in [9.17, 15) is 24.3 Å². The monoisotopic (exact) mass is 776 g/mol. The summed E-state index contributed by atoms with van der Waals surface area (Å²) in [6, 6.07) is 12.4. The van der Waals surface area contributed by atoms with Crippen molar-refractivity contribution in [2.75, 3.05) is 20.2 Å². The number of carboxylic acid groups (broad SMARTS) is 1. The van der Waals surface area contributed by atoms with E-state index in [4.69, 9.17) is 14.5 Å². The number of imidazole rings is 2. The number of ether oxygens (including phenoxy) is 2. The summed E-state index contributed by atoms with van der Waals surface area (Å²) in [5.41, 5.74) is 6.51. The van der Waals surface area contributed by atoms with Crippen molar-refractivity contribution in [1.29, 1.82) is 0 Å². The summed E-state index contributed by atoms with van der Waals surface area (Å²) in [6.45, 7) is 8.94. The van der Waals surface area contributed by atoms with Crippen LogP contribution < -0.4 is 15.4 Å². The third-order valence-corrected chi connectivity index (χ3v) is 11.6. The molecule has 0 bridgehead atoms. The molecule has 2 unspecified atom stereocenters. The minimum atomic E-state index is -1.22. The molecule has 2 aromatic heterocycles. The van der Waals surface area contributed by atoms with Crippen LogP contribution in [-0.2, 0) is 20.9 Å². The number of aromatic nitrogens is 4. The Morgan fingerprint density at radius 1 is 0.842 bits per heavy atom. The summed E-state index contributed by atoms with van der Waals surface area (Å²) < 4.78 is 11.3. The Labute approximate surface area is 329 Å². The number of H-pyrrole nitrogens is 2. The lowest BCUT2D eigenvalue weighted by Crippen LogP contribution is -2.51. The lowest BCUT2D eigenvalue weighted by molar-refractivity contribution is -0.136. The Hall–Kier alpha value is -6.12. The number of alkyl carbamates (subject to hydrolysis) is 1. The van der Waals surface area contributed by atoms with Crippen LogP contribution in [0.4, 0.5) is 9.59 Å². The Kier molecular flexibility index (Phi) is 10.0. The van der Waals surface area contributed by atoms with Gasteiger partial charge in [0.25, 0.3) is 0 Å². The van der Waals surface area contributed by atoms with Gasteiger partial charge in [-0.3, -0.25) is 9.59 Å². The largest absolute Gasteiger partial charge is 0.488 e. The fraction of sp³-hybridized carbons (Fsp3) is 0.429. The standard InChI is InChI=1S/C42H48N8O7/c1-21(2)33(47-41(53)54)39(51)49-16-6-8-31(49)37-43-19-30(45-37)23-10-11-25-24(18-23)20-57-36-27(25)13-12-26-28(36)14-15-29-35(26)46-38(44-29)32-9-7-17-50(32)40(52)34(22(3)4)48-42(55)56-5/h10-15,18-19,21-22,31-34,47H,6-9,16-17,20H2,1-5H3,(H,43,45)(H,44,46)(H,48,55)(H,53,54)/t31-,32+,33?,34?/m1/s1. The minimum Gasteiger partial charge on any atom is -0.488 e. The van der Waals surface area contributed by atoms with Crippen molar-refractivity contribution in [2.45, 2.75) is 84.2 Å². The topological polar surface area (TPSA) is 195 Å². The first kappa shape index (κ1) is 37.8. The molecule has 0 saturated carbocycles. The van der Waals surface area contributed by atoms with E-state index >= 15 is 0 Å². The van der Waals surface area contributed by atoms with Gasteiger partial charge in [-0.25, -0.2) is 19.6 Å². The van der Waals surface area contributed by atoms with Crippen LogP contribution in [0, 0.1) is 11.8 Å². The second kappa shape index (κ2) is 15.1. The fourth-order valence-electron chi connectivity index (χ4n) is 8.67. The number of nitrogens with one attached hydrogen (secondary N) is 4. The molecule has 15 heteroatoms. The number of nitrogens with zero attached hydrogens (tertiary/aromatic N) is 4. The SMILES string of the molecule is COC(=O)NC(C(=O)N1CCC[C@H]1c1nc2c(ccc3c4c(ccc32)-c2ccc(-c3cnc([C@H]5CCCN5C(=O)C(NC(=O)O)C(C)C)[nH]3)cc2CO4)[nH]1)C(C)C. The Balaban J connectivity index is 1.04. The average Bonchev–Trinajstić information content (AvgIpc) is 4.03. The van der Waals surface area contributed by atoms with Gasteiger partial charge < -0.3 is 45.0 Å². The number of aromatic amines is 2. The normalized spacial score (nSPS) is 18.7. The molecule has 298 valence electrons. The van der Waals surface area contributed by atoms with Crippen molar-refractivity contribution in [3.05, 3.63) is 65.9 Å². The number of carbonyl (C=O) groups is 4. The van der Waals surface area contributed by atoms with Crippen molar-refractivity contribution < 1.29 is 33.8 Å². The third-order valence-electron chi connectivity index (χ3n) is 11.6. The zero-order valence-corrected chi connectivity index (χ0v) is 32.7. The molecule has 57 heavy (non-hydrogen) atoms. The predicted molar refractivity (Wildman–Crippen MR) is 212 cm³/mol. The summed E-state index contributed by atoms with van der Waals surface area (Å²) in [4.78, 5) is 70.9. The van der Waals surface area contributed by atoms with Gasteiger partial charge in [0.1, 0.15) is 36.1 Å². The maximum absolute atomic E-state index is 13.7. The molecule has 2 fully saturated rings. The maximum Gasteiger partial charge on any atom is 0.407 e. The van der Waals surface area contributed by atoms with E-state index in [1.807, 2.05) is 38.7 Å². The van der Waals surface area contributed by atoms with Gasteiger partial charge in [0.05, 0.1) is 42.1 Å². The van der Waals surface area contributed by atoms with E-state index in [0.717, 1.165) is 81.2 Å². The average molecular weight is 777 g/mol. The number of methoxy groups -OCH3 is 1. The van der Waals surface area contributed by atoms with Crippen LogP contribution in [0.25, 0.3) is 44.2 Å². The summed E-state index contributed by atoms with van der Waals surface area (Å²) >= 11 is 0. The number of hydrogen-bond donors (Lipinski definition) is 5. The second-order valence-corrected chi connectivity index (χ2v) is 15.9. The molecule has 0 radical (unpaired) electrons. The van der Waals surface area contributed by atoms with E-state index in [1.54, 1.807) is 11.1 Å². The highest BCUT2D eigenvalue weighted by atomic mass is 16.5. The Morgan fingerprint density at radius 2 is 1.49 bits per heavy atom. The number of carbonyl (C=O) groups excluding carboxylic acids is 3. The first-order valence-electron chi connectivity index (χ1n) is 19.6. The molecule has 4 atom stereocenters. The summed E-state index contributed by atoms with van der Waals surface area (Å²) in [5, 5.41) is 16.3. The van der Waals surface area contributed by atoms with Gasteiger partial charge in [-0.15, -0.1) is 0 Å². The molecule has 0 aliphatic carbocycles. The van der Waals surface area contributed by atoms with E-state index in [1.165, 1.54) is 7.11 Å². The molecule has 5 N–H and O–H groups in total. The summed E-state index contributed by atoms with van der Waals surface area (Å²) in [5.74, 6) is 1.46. The van der Waals surface area contributed by atoms with Gasteiger partial charge in [0.2, 0.25) is 11.8 Å². The minimum absolute atomic E-state index is 0.125. The van der Waals surface area contributed by atoms with Gasteiger partial charge in [-0.2, -0.15) is 0 Å². The Morgan fingerprint density at radius 3 is 2.16 bits per heavy atom. The zero-order valence-electron chi connectivity index (χ0n) is 32.7. The van der Waals surface area contributed by atoms with E-state index in [2.05, 4.69) is 62.0 Å². The molecule has 2 saturated heterocycles.